The molecule has 1 aromatic carbocycles. The number of nitrogens with zero attached hydrogens (tertiary/aromatic N) is 2. The lowest BCUT2D eigenvalue weighted by molar-refractivity contribution is 0.0725. The molecule has 0 aliphatic carbocycles. The number of amides is 1. The number of carbonyl (C=O) groups is 1. The van der Waals surface area contributed by atoms with Crippen LogP contribution in [-0.2, 0) is 10.0 Å². The number of hydrogen-bond donors (Lipinski definition) is 2. The van der Waals surface area contributed by atoms with Gasteiger partial charge in [-0.1, -0.05) is 18.2 Å². The van der Waals surface area contributed by atoms with Crippen molar-refractivity contribution < 1.29 is 17.6 Å². The van der Waals surface area contributed by atoms with Crippen LogP contribution < -0.4 is 4.72 Å². The first-order valence-electron chi connectivity index (χ1n) is 9.47. The molecule has 1 amide bonds. The number of likely N-dealkylation sites (tertiary alicyclic amines) is 1. The molecule has 0 saturated carbocycles. The molecule has 152 valence electrons. The number of hydrogen-bond acceptors (Lipinski definition) is 5. The van der Waals surface area contributed by atoms with Crippen molar-refractivity contribution in [2.45, 2.75) is 31.1 Å². The van der Waals surface area contributed by atoms with Crippen LogP contribution in [0, 0.1) is 6.92 Å². The lowest BCUT2D eigenvalue weighted by Gasteiger charge is -2.26. The third-order valence-corrected chi connectivity index (χ3v) is 6.44. The number of rotatable bonds is 5. The first kappa shape index (κ1) is 19.3. The number of para-hydroxylation sites is 1. The molecule has 4 rings (SSSR count). The van der Waals surface area contributed by atoms with Crippen LogP contribution in [0.2, 0.25) is 0 Å². The maximum absolute atomic E-state index is 12.9. The van der Waals surface area contributed by atoms with Gasteiger partial charge in [0.15, 0.2) is 5.76 Å². The molecular weight excluding hydrogens is 392 g/mol. The maximum Gasteiger partial charge on any atom is 0.265 e. The van der Waals surface area contributed by atoms with Gasteiger partial charge in [0.05, 0.1) is 11.8 Å². The van der Waals surface area contributed by atoms with Gasteiger partial charge in [0.1, 0.15) is 16.3 Å². The Hall–Kier alpha value is -3.07. The van der Waals surface area contributed by atoms with Gasteiger partial charge >= 0.3 is 0 Å². The Morgan fingerprint density at radius 3 is 2.62 bits per heavy atom. The first-order chi connectivity index (χ1) is 14.0. The predicted molar refractivity (Wildman–Crippen MR) is 108 cm³/mol. The van der Waals surface area contributed by atoms with Crippen molar-refractivity contribution in [3.05, 3.63) is 53.9 Å². The van der Waals surface area contributed by atoms with Crippen LogP contribution in [0.5, 0.6) is 0 Å². The summed E-state index contributed by atoms with van der Waals surface area (Å²) in [5.74, 6) is 0.359. The standard InChI is InChI=1S/C20H22N4O4S/c1-14-18(29(26,27)23-15-8-4-2-5-9-15)12-17(28-14)19-16(13-21-22-19)20(25)24-10-6-3-7-11-24/h2,4-5,8-9,12-13,23H,3,6-7,10-11H2,1H3,(H,21,22). The minimum Gasteiger partial charge on any atom is -0.458 e. The normalized spacial score (nSPS) is 14.7. The molecule has 1 fully saturated rings. The summed E-state index contributed by atoms with van der Waals surface area (Å²) in [6, 6.07) is 10.0. The van der Waals surface area contributed by atoms with Gasteiger partial charge < -0.3 is 9.32 Å². The highest BCUT2D eigenvalue weighted by atomic mass is 32.2. The topological polar surface area (TPSA) is 108 Å². The molecule has 0 spiro atoms. The maximum atomic E-state index is 12.9. The molecule has 29 heavy (non-hydrogen) atoms. The summed E-state index contributed by atoms with van der Waals surface area (Å²) in [4.78, 5) is 14.7. The van der Waals surface area contributed by atoms with E-state index in [9.17, 15) is 13.2 Å². The number of furan rings is 1. The Morgan fingerprint density at radius 2 is 1.90 bits per heavy atom. The summed E-state index contributed by atoms with van der Waals surface area (Å²) in [5.41, 5.74) is 1.21. The van der Waals surface area contributed by atoms with E-state index in [0.29, 0.717) is 30.0 Å². The lowest BCUT2D eigenvalue weighted by Crippen LogP contribution is -2.35. The average Bonchev–Trinajstić information content (AvgIpc) is 3.35. The number of aromatic nitrogens is 2. The van der Waals surface area contributed by atoms with Gasteiger partial charge in [-0.15, -0.1) is 0 Å². The molecule has 9 heteroatoms. The summed E-state index contributed by atoms with van der Waals surface area (Å²) < 4.78 is 33.8. The molecule has 2 aromatic heterocycles. The molecule has 0 bridgehead atoms. The quantitative estimate of drug-likeness (QED) is 0.665. The molecule has 1 aliphatic rings. The number of piperidine rings is 1. The van der Waals surface area contributed by atoms with E-state index in [4.69, 9.17) is 4.42 Å². The van der Waals surface area contributed by atoms with Crippen LogP contribution in [0.3, 0.4) is 0 Å². The average molecular weight is 414 g/mol. The van der Waals surface area contributed by atoms with Crippen molar-refractivity contribution >= 4 is 21.6 Å². The van der Waals surface area contributed by atoms with E-state index in [1.165, 1.54) is 12.3 Å². The zero-order valence-corrected chi connectivity index (χ0v) is 16.8. The van der Waals surface area contributed by atoms with Gasteiger partial charge in [-0.2, -0.15) is 5.10 Å². The molecular formula is C20H22N4O4S. The van der Waals surface area contributed by atoms with Gasteiger partial charge in [0.2, 0.25) is 0 Å². The van der Waals surface area contributed by atoms with Crippen molar-refractivity contribution in [2.75, 3.05) is 17.8 Å². The Kier molecular flexibility index (Phi) is 5.14. The molecule has 0 radical (unpaired) electrons. The summed E-state index contributed by atoms with van der Waals surface area (Å²) in [6.07, 6.45) is 4.54. The highest BCUT2D eigenvalue weighted by Crippen LogP contribution is 2.31. The highest BCUT2D eigenvalue weighted by Gasteiger charge is 2.27. The molecule has 2 N–H and O–H groups in total. The zero-order chi connectivity index (χ0) is 20.4. The van der Waals surface area contributed by atoms with Crippen molar-refractivity contribution in [1.82, 2.24) is 15.1 Å². The van der Waals surface area contributed by atoms with Crippen LogP contribution >= 0.6 is 0 Å². The smallest absolute Gasteiger partial charge is 0.265 e. The number of nitrogens with one attached hydrogen (secondary N) is 2. The van der Waals surface area contributed by atoms with Crippen LogP contribution in [0.4, 0.5) is 5.69 Å². The molecule has 8 nitrogen and oxygen atoms in total. The van der Waals surface area contributed by atoms with E-state index in [1.807, 2.05) is 0 Å². The lowest BCUT2D eigenvalue weighted by atomic mass is 10.1. The molecule has 3 aromatic rings. The van der Waals surface area contributed by atoms with Crippen molar-refractivity contribution in [1.29, 1.82) is 0 Å². The van der Waals surface area contributed by atoms with Crippen LogP contribution in [0.25, 0.3) is 11.5 Å². The number of carbonyl (C=O) groups excluding carboxylic acids is 1. The predicted octanol–water partition coefficient (Wildman–Crippen LogP) is 3.41. The second-order valence-electron chi connectivity index (χ2n) is 7.01. The largest absolute Gasteiger partial charge is 0.458 e. The van der Waals surface area contributed by atoms with Gasteiger partial charge in [0.25, 0.3) is 15.9 Å². The minimum atomic E-state index is -3.84. The summed E-state index contributed by atoms with van der Waals surface area (Å²) >= 11 is 0. The van der Waals surface area contributed by atoms with E-state index in [2.05, 4.69) is 14.9 Å². The van der Waals surface area contributed by atoms with Gasteiger partial charge in [-0.05, 0) is 38.3 Å². The van der Waals surface area contributed by atoms with E-state index in [0.717, 1.165) is 19.3 Å². The fourth-order valence-electron chi connectivity index (χ4n) is 3.48. The zero-order valence-electron chi connectivity index (χ0n) is 16.0. The molecule has 3 heterocycles. The number of sulfonamides is 1. The highest BCUT2D eigenvalue weighted by molar-refractivity contribution is 7.92. The number of aromatic amines is 1. The fraction of sp³-hybridized carbons (Fsp3) is 0.300. The molecule has 1 saturated heterocycles. The summed E-state index contributed by atoms with van der Waals surface area (Å²) in [5, 5.41) is 6.76. The molecule has 1 aliphatic heterocycles. The molecule has 0 unspecified atom stereocenters. The minimum absolute atomic E-state index is 0.0160. The number of aryl methyl sites for hydroxylation is 1. The van der Waals surface area contributed by atoms with Gasteiger partial charge in [0, 0.05) is 24.8 Å². The summed E-state index contributed by atoms with van der Waals surface area (Å²) in [7, 11) is -3.84. The second kappa shape index (κ2) is 7.75. The van der Waals surface area contributed by atoms with Crippen molar-refractivity contribution in [3.8, 4) is 11.5 Å². The Morgan fingerprint density at radius 1 is 1.17 bits per heavy atom. The number of anilines is 1. The van der Waals surface area contributed by atoms with Gasteiger partial charge in [-0.3, -0.25) is 14.6 Å². The van der Waals surface area contributed by atoms with Crippen molar-refractivity contribution in [2.24, 2.45) is 0 Å². The van der Waals surface area contributed by atoms with Crippen LogP contribution in [0.1, 0.15) is 35.4 Å². The number of H-pyrrole nitrogens is 1. The SMILES string of the molecule is Cc1oc(-c2[nH]ncc2C(=O)N2CCCCC2)cc1S(=O)(=O)Nc1ccccc1. The van der Waals surface area contributed by atoms with Crippen LogP contribution in [-0.4, -0.2) is 42.5 Å². The van der Waals surface area contributed by atoms with Crippen molar-refractivity contribution in [3.63, 3.8) is 0 Å². The van der Waals surface area contributed by atoms with E-state index >= 15 is 0 Å². The third kappa shape index (κ3) is 3.91. The third-order valence-electron chi connectivity index (χ3n) is 4.95. The van der Waals surface area contributed by atoms with Crippen LogP contribution in [0.15, 0.2) is 51.9 Å². The molecule has 0 atom stereocenters. The monoisotopic (exact) mass is 414 g/mol. The Balaban J connectivity index is 1.64. The van der Waals surface area contributed by atoms with E-state index in [-0.39, 0.29) is 22.3 Å². The fourth-order valence-corrected chi connectivity index (χ4v) is 4.71. The second-order valence-corrected chi connectivity index (χ2v) is 8.66. The van der Waals surface area contributed by atoms with E-state index in [1.54, 1.807) is 42.2 Å². The number of benzene rings is 1. The first-order valence-corrected chi connectivity index (χ1v) is 11.0. The van der Waals surface area contributed by atoms with Gasteiger partial charge in [-0.25, -0.2) is 8.42 Å². The Labute approximate surface area is 169 Å². The Bertz CT molecular complexity index is 1110. The van der Waals surface area contributed by atoms with E-state index < -0.39 is 10.0 Å². The summed E-state index contributed by atoms with van der Waals surface area (Å²) in [6.45, 7) is 2.99.